The normalized spacial score (nSPS) is 12.6. The topological polar surface area (TPSA) is 109 Å². The van der Waals surface area contributed by atoms with E-state index in [1.165, 1.54) is 21.3 Å². The van der Waals surface area contributed by atoms with Gasteiger partial charge in [-0.1, -0.05) is 23.2 Å². The lowest BCUT2D eigenvalue weighted by molar-refractivity contribution is -0.116. The molecule has 0 spiro atoms. The first kappa shape index (κ1) is 26.2. The van der Waals surface area contributed by atoms with Crippen LogP contribution >= 0.6 is 0 Å². The number of anilines is 1. The molecule has 0 fully saturated rings. The van der Waals surface area contributed by atoms with E-state index in [1.807, 2.05) is 12.1 Å². The third kappa shape index (κ3) is 6.70. The molecule has 33 heavy (non-hydrogen) atoms. The molecule has 0 radical (unpaired) electrons. The lowest BCUT2D eigenvalue weighted by Crippen LogP contribution is -2.27. The van der Waals surface area contributed by atoms with Crippen molar-refractivity contribution in [3.05, 3.63) is 53.1 Å². The molecule has 2 aromatic rings. The molecule has 0 aromatic heterocycles. The number of ether oxygens (including phenoxy) is 4. The molecule has 1 N–H and O–H groups in total. The first-order valence-corrected chi connectivity index (χ1v) is 11.2. The largest absolute Gasteiger partial charge is 0.772 e. The van der Waals surface area contributed by atoms with E-state index in [2.05, 4.69) is 5.32 Å². The summed E-state index contributed by atoms with van der Waals surface area (Å²) < 4.78 is 45.6. The number of rotatable bonds is 11. The van der Waals surface area contributed by atoms with Gasteiger partial charge in [-0.05, 0) is 43.9 Å². The van der Waals surface area contributed by atoms with Crippen LogP contribution in [0.5, 0.6) is 11.5 Å². The van der Waals surface area contributed by atoms with Crippen molar-refractivity contribution in [1.82, 2.24) is 4.90 Å². The van der Waals surface area contributed by atoms with Crippen LogP contribution in [0.4, 0.5) is 5.69 Å². The lowest BCUT2D eigenvalue weighted by Gasteiger charge is -2.21. The second-order valence-electron chi connectivity index (χ2n) is 7.21. The maximum atomic E-state index is 12.3. The molecule has 0 aliphatic carbocycles. The van der Waals surface area contributed by atoms with Crippen molar-refractivity contribution in [2.24, 2.45) is 0 Å². The zero-order valence-corrected chi connectivity index (χ0v) is 20.4. The van der Waals surface area contributed by atoms with Crippen molar-refractivity contribution in [2.45, 2.75) is 5.75 Å². The fourth-order valence-corrected chi connectivity index (χ4v) is 3.80. The number of benzene rings is 2. The van der Waals surface area contributed by atoms with Crippen LogP contribution in [0.15, 0.2) is 36.4 Å². The highest BCUT2D eigenvalue weighted by atomic mass is 32.2. The van der Waals surface area contributed by atoms with Gasteiger partial charge in [0.2, 0.25) is 5.91 Å². The maximum absolute atomic E-state index is 12.3. The summed E-state index contributed by atoms with van der Waals surface area (Å²) in [5.41, 5.74) is 1.80. The SMILES string of the molecule is COC(=C(OC)c1ccccc1OC)c1cc(OC)c(NC(=O)CN(C)C)cc1CS(=O)[O-]. The standard InChI is InChI=1S/C23H30N2O7S/c1-25(2)13-21(26)24-18-11-15(14-33(27)28)17(12-20(18)30-4)23(32-6)22(31-5)16-9-7-8-10-19(16)29-3/h7-12H,13-14H2,1-6H3,(H,24,26)(H,27,28)/p-1. The van der Waals surface area contributed by atoms with Gasteiger partial charge in [0.1, 0.15) is 11.5 Å². The summed E-state index contributed by atoms with van der Waals surface area (Å²) in [5, 5.41) is 2.77. The summed E-state index contributed by atoms with van der Waals surface area (Å²) >= 11 is -2.41. The minimum absolute atomic E-state index is 0.151. The average Bonchev–Trinajstić information content (AvgIpc) is 2.77. The summed E-state index contributed by atoms with van der Waals surface area (Å²) in [6.45, 7) is 0.151. The molecule has 0 saturated heterocycles. The Hall–Kier alpha value is -3.08. The van der Waals surface area contributed by atoms with E-state index in [0.717, 1.165) is 0 Å². The van der Waals surface area contributed by atoms with Crippen LogP contribution in [-0.4, -0.2) is 68.6 Å². The number of amides is 1. The van der Waals surface area contributed by atoms with Crippen molar-refractivity contribution in [3.63, 3.8) is 0 Å². The Bertz CT molecular complexity index is 1040. The Morgan fingerprint density at radius 1 is 0.970 bits per heavy atom. The van der Waals surface area contributed by atoms with E-state index in [9.17, 15) is 13.6 Å². The van der Waals surface area contributed by atoms with E-state index in [0.29, 0.717) is 39.6 Å². The number of methoxy groups -OCH3 is 4. The quantitative estimate of drug-likeness (QED) is 0.299. The minimum Gasteiger partial charge on any atom is -0.772 e. The van der Waals surface area contributed by atoms with Gasteiger partial charge in [0.25, 0.3) is 0 Å². The second kappa shape index (κ2) is 12.2. The van der Waals surface area contributed by atoms with Gasteiger partial charge in [-0.25, -0.2) is 0 Å². The van der Waals surface area contributed by atoms with Gasteiger partial charge in [0.15, 0.2) is 11.5 Å². The Balaban J connectivity index is 2.74. The highest BCUT2D eigenvalue weighted by Gasteiger charge is 2.22. The monoisotopic (exact) mass is 477 g/mol. The Morgan fingerprint density at radius 2 is 1.58 bits per heavy atom. The molecule has 1 amide bonds. The summed E-state index contributed by atoms with van der Waals surface area (Å²) in [5.74, 6) is 0.937. The molecule has 0 bridgehead atoms. The van der Waals surface area contributed by atoms with Crippen LogP contribution in [0.25, 0.3) is 11.5 Å². The average molecular weight is 478 g/mol. The predicted octanol–water partition coefficient (Wildman–Crippen LogP) is 2.70. The molecule has 0 saturated carbocycles. The Labute approximate surface area is 196 Å². The molecule has 180 valence electrons. The number of nitrogens with zero attached hydrogens (tertiary/aromatic N) is 1. The number of nitrogens with one attached hydrogen (secondary N) is 1. The first-order valence-electron chi connectivity index (χ1n) is 9.93. The van der Waals surface area contributed by atoms with Gasteiger partial charge in [-0.15, -0.1) is 0 Å². The molecule has 1 unspecified atom stereocenters. The zero-order chi connectivity index (χ0) is 24.5. The number of hydrogen-bond donors (Lipinski definition) is 1. The fourth-order valence-electron chi connectivity index (χ4n) is 3.31. The molecule has 9 nitrogen and oxygen atoms in total. The highest BCUT2D eigenvalue weighted by molar-refractivity contribution is 7.78. The van der Waals surface area contributed by atoms with Crippen molar-refractivity contribution in [3.8, 4) is 11.5 Å². The number of likely N-dealkylation sites (N-methyl/N-ethyl adjacent to an activating group) is 1. The second-order valence-corrected chi connectivity index (χ2v) is 8.11. The van der Waals surface area contributed by atoms with Gasteiger partial charge in [-0.2, -0.15) is 0 Å². The molecular formula is C23H29N2O7S-. The van der Waals surface area contributed by atoms with Gasteiger partial charge in [-0.3, -0.25) is 9.00 Å². The van der Waals surface area contributed by atoms with Crippen LogP contribution in [0, 0.1) is 0 Å². The van der Waals surface area contributed by atoms with Crippen LogP contribution in [0.2, 0.25) is 0 Å². The third-order valence-electron chi connectivity index (χ3n) is 4.64. The third-order valence-corrected chi connectivity index (χ3v) is 5.19. The van der Waals surface area contributed by atoms with E-state index in [4.69, 9.17) is 18.9 Å². The molecule has 10 heteroatoms. The van der Waals surface area contributed by atoms with Gasteiger partial charge in [0, 0.05) is 11.3 Å². The molecule has 0 aliphatic heterocycles. The summed E-state index contributed by atoms with van der Waals surface area (Å²) in [7, 11) is 9.48. The van der Waals surface area contributed by atoms with Crippen LogP contribution in [-0.2, 0) is 31.1 Å². The first-order chi connectivity index (χ1) is 15.7. The lowest BCUT2D eigenvalue weighted by atomic mass is 10.0. The van der Waals surface area contributed by atoms with E-state index < -0.39 is 11.1 Å². The molecule has 0 aliphatic rings. The molecule has 1 atom stereocenters. The van der Waals surface area contributed by atoms with Crippen LogP contribution in [0.1, 0.15) is 16.7 Å². The van der Waals surface area contributed by atoms with Crippen molar-refractivity contribution in [1.29, 1.82) is 0 Å². The molecule has 0 heterocycles. The fraction of sp³-hybridized carbons (Fsp3) is 0.348. The number of para-hydroxylation sites is 1. The van der Waals surface area contributed by atoms with Crippen molar-refractivity contribution >= 4 is 34.2 Å². The Morgan fingerprint density at radius 3 is 2.12 bits per heavy atom. The molecule has 2 rings (SSSR count). The van der Waals surface area contributed by atoms with Gasteiger partial charge < -0.3 is 33.7 Å². The molecule has 2 aromatic carbocycles. The van der Waals surface area contributed by atoms with Gasteiger partial charge >= 0.3 is 0 Å². The number of carbonyl (C=O) groups excluding carboxylic acids is 1. The van der Waals surface area contributed by atoms with Gasteiger partial charge in [0.05, 0.1) is 46.2 Å². The number of hydrogen-bond acceptors (Lipinski definition) is 8. The van der Waals surface area contributed by atoms with E-state index >= 15 is 0 Å². The van der Waals surface area contributed by atoms with Crippen molar-refractivity contribution < 1.29 is 32.5 Å². The van der Waals surface area contributed by atoms with E-state index in [1.54, 1.807) is 50.4 Å². The smallest absolute Gasteiger partial charge is 0.238 e. The minimum atomic E-state index is -2.41. The predicted molar refractivity (Wildman–Crippen MR) is 127 cm³/mol. The van der Waals surface area contributed by atoms with Crippen LogP contribution in [0.3, 0.4) is 0 Å². The zero-order valence-electron chi connectivity index (χ0n) is 19.6. The maximum Gasteiger partial charge on any atom is 0.238 e. The number of carbonyl (C=O) groups is 1. The summed E-state index contributed by atoms with van der Waals surface area (Å²) in [6.07, 6.45) is 0. The Kier molecular flexibility index (Phi) is 9.71. The summed E-state index contributed by atoms with van der Waals surface area (Å²) in [6, 6.07) is 10.4. The van der Waals surface area contributed by atoms with Crippen molar-refractivity contribution in [2.75, 3.05) is 54.4 Å². The van der Waals surface area contributed by atoms with E-state index in [-0.39, 0.29) is 24.0 Å². The molecular weight excluding hydrogens is 448 g/mol. The van der Waals surface area contributed by atoms with Crippen LogP contribution < -0.4 is 14.8 Å². The highest BCUT2D eigenvalue weighted by Crippen LogP contribution is 2.38. The summed E-state index contributed by atoms with van der Waals surface area (Å²) in [4.78, 5) is 14.0.